The minimum atomic E-state index is -0.622. The molecule has 0 aliphatic rings. The summed E-state index contributed by atoms with van der Waals surface area (Å²) in [6.45, 7) is 4.92. The lowest BCUT2D eigenvalue weighted by atomic mass is 10.1. The first kappa shape index (κ1) is 11.8. The van der Waals surface area contributed by atoms with Crippen LogP contribution in [-0.4, -0.2) is 17.3 Å². The zero-order chi connectivity index (χ0) is 11.6. The van der Waals surface area contributed by atoms with E-state index in [0.717, 1.165) is 9.75 Å². The first-order valence-corrected chi connectivity index (χ1v) is 5.37. The first-order valence-electron chi connectivity index (χ1n) is 4.56. The van der Waals surface area contributed by atoms with Gasteiger partial charge in [0.15, 0.2) is 11.6 Å². The molecule has 3 nitrogen and oxygen atoms in total. The predicted octanol–water partition coefficient (Wildman–Crippen LogP) is 2.10. The van der Waals surface area contributed by atoms with Crippen LogP contribution in [0.2, 0.25) is 0 Å². The van der Waals surface area contributed by atoms with Crippen LogP contribution in [0.1, 0.15) is 33.5 Å². The van der Waals surface area contributed by atoms with Gasteiger partial charge in [0.2, 0.25) is 5.78 Å². The van der Waals surface area contributed by atoms with Crippen LogP contribution in [0.15, 0.2) is 6.07 Å². The molecule has 0 unspecified atom stereocenters. The fourth-order valence-electron chi connectivity index (χ4n) is 1.27. The summed E-state index contributed by atoms with van der Waals surface area (Å²) in [4.78, 5) is 35.3. The van der Waals surface area contributed by atoms with Gasteiger partial charge in [-0.25, -0.2) is 0 Å². The second kappa shape index (κ2) is 4.49. The Morgan fingerprint density at radius 1 is 1.27 bits per heavy atom. The topological polar surface area (TPSA) is 51.2 Å². The van der Waals surface area contributed by atoms with E-state index in [1.165, 1.54) is 18.3 Å². The lowest BCUT2D eigenvalue weighted by Crippen LogP contribution is -2.15. The van der Waals surface area contributed by atoms with E-state index in [9.17, 15) is 14.4 Å². The minimum Gasteiger partial charge on any atom is -0.294 e. The highest BCUT2D eigenvalue weighted by atomic mass is 32.1. The van der Waals surface area contributed by atoms with Gasteiger partial charge in [0, 0.05) is 22.2 Å². The summed E-state index contributed by atoms with van der Waals surface area (Å²) in [5.74, 6) is -1.45. The second-order valence-electron chi connectivity index (χ2n) is 3.41. The Morgan fingerprint density at radius 2 is 1.87 bits per heavy atom. The summed E-state index contributed by atoms with van der Waals surface area (Å²) < 4.78 is 0. The maximum Gasteiger partial charge on any atom is 0.205 e. The van der Waals surface area contributed by atoms with Gasteiger partial charge in [0.1, 0.15) is 0 Å². The summed E-state index contributed by atoms with van der Waals surface area (Å²) in [6, 6.07) is 1.76. The van der Waals surface area contributed by atoms with Gasteiger partial charge in [-0.2, -0.15) is 0 Å². The largest absolute Gasteiger partial charge is 0.294 e. The molecule has 1 aromatic heterocycles. The van der Waals surface area contributed by atoms with Crippen LogP contribution >= 0.6 is 11.3 Å². The molecule has 1 heterocycles. The van der Waals surface area contributed by atoms with Crippen molar-refractivity contribution < 1.29 is 14.4 Å². The van der Waals surface area contributed by atoms with Gasteiger partial charge in [-0.3, -0.25) is 14.4 Å². The monoisotopic (exact) mass is 224 g/mol. The maximum absolute atomic E-state index is 11.6. The van der Waals surface area contributed by atoms with Crippen LogP contribution in [0.3, 0.4) is 0 Å². The van der Waals surface area contributed by atoms with E-state index in [0.29, 0.717) is 5.56 Å². The van der Waals surface area contributed by atoms with Gasteiger partial charge in [0.25, 0.3) is 0 Å². The van der Waals surface area contributed by atoms with Gasteiger partial charge in [-0.1, -0.05) is 0 Å². The third-order valence-electron chi connectivity index (χ3n) is 2.06. The number of carbonyl (C=O) groups excluding carboxylic acids is 3. The predicted molar refractivity (Wildman–Crippen MR) is 58.4 cm³/mol. The molecule has 0 atom stereocenters. The van der Waals surface area contributed by atoms with Gasteiger partial charge in [-0.05, 0) is 19.9 Å². The standard InChI is InChI=1S/C11H12O3S/c1-6-4-9(8(3)15-6)11(14)5-10(13)7(2)12/h4H,5H2,1-3H3. The van der Waals surface area contributed by atoms with E-state index in [2.05, 4.69) is 0 Å². The number of ketones is 3. The highest BCUT2D eigenvalue weighted by Crippen LogP contribution is 2.21. The molecule has 1 aromatic rings. The molecular formula is C11H12O3S. The van der Waals surface area contributed by atoms with Crippen molar-refractivity contribution in [2.75, 3.05) is 0 Å². The summed E-state index contributed by atoms with van der Waals surface area (Å²) in [7, 11) is 0. The number of rotatable bonds is 4. The number of carbonyl (C=O) groups is 3. The van der Waals surface area contributed by atoms with Crippen molar-refractivity contribution in [1.82, 2.24) is 0 Å². The summed E-state index contributed by atoms with van der Waals surface area (Å²) in [5.41, 5.74) is 0.562. The average molecular weight is 224 g/mol. The molecule has 80 valence electrons. The van der Waals surface area contributed by atoms with E-state index >= 15 is 0 Å². The zero-order valence-electron chi connectivity index (χ0n) is 8.92. The fourth-order valence-corrected chi connectivity index (χ4v) is 2.22. The van der Waals surface area contributed by atoms with Crippen molar-refractivity contribution in [2.45, 2.75) is 27.2 Å². The van der Waals surface area contributed by atoms with Crippen molar-refractivity contribution in [2.24, 2.45) is 0 Å². The summed E-state index contributed by atoms with van der Waals surface area (Å²) >= 11 is 1.52. The Labute approximate surface area is 92.1 Å². The molecule has 0 aromatic carbocycles. The van der Waals surface area contributed by atoms with E-state index in [1.807, 2.05) is 13.8 Å². The number of thiophene rings is 1. The smallest absolute Gasteiger partial charge is 0.205 e. The van der Waals surface area contributed by atoms with Crippen molar-refractivity contribution in [1.29, 1.82) is 0 Å². The molecule has 0 saturated carbocycles. The lowest BCUT2D eigenvalue weighted by Gasteiger charge is -1.96. The van der Waals surface area contributed by atoms with Crippen LogP contribution in [0, 0.1) is 13.8 Å². The van der Waals surface area contributed by atoms with Crippen LogP contribution in [0.5, 0.6) is 0 Å². The van der Waals surface area contributed by atoms with E-state index in [4.69, 9.17) is 0 Å². The fraction of sp³-hybridized carbons (Fsp3) is 0.364. The Bertz CT molecular complexity index is 429. The zero-order valence-corrected chi connectivity index (χ0v) is 9.73. The van der Waals surface area contributed by atoms with Gasteiger partial charge < -0.3 is 0 Å². The number of hydrogen-bond donors (Lipinski definition) is 0. The van der Waals surface area contributed by atoms with Crippen molar-refractivity contribution in [3.63, 3.8) is 0 Å². The van der Waals surface area contributed by atoms with E-state index < -0.39 is 11.6 Å². The second-order valence-corrected chi connectivity index (χ2v) is 4.87. The molecule has 15 heavy (non-hydrogen) atoms. The molecular weight excluding hydrogens is 212 g/mol. The Hall–Kier alpha value is -1.29. The van der Waals surface area contributed by atoms with E-state index in [1.54, 1.807) is 6.07 Å². The number of hydrogen-bond acceptors (Lipinski definition) is 4. The third kappa shape index (κ3) is 2.83. The van der Waals surface area contributed by atoms with Crippen molar-refractivity contribution in [3.8, 4) is 0 Å². The van der Waals surface area contributed by atoms with E-state index in [-0.39, 0.29) is 12.2 Å². The molecule has 0 aliphatic heterocycles. The minimum absolute atomic E-state index is 0.267. The molecule has 0 saturated heterocycles. The van der Waals surface area contributed by atoms with Crippen LogP contribution in [-0.2, 0) is 9.59 Å². The molecule has 1 rings (SSSR count). The Balaban J connectivity index is 2.82. The molecule has 0 fully saturated rings. The third-order valence-corrected chi connectivity index (χ3v) is 3.02. The van der Waals surface area contributed by atoms with Crippen LogP contribution in [0.4, 0.5) is 0 Å². The van der Waals surface area contributed by atoms with Gasteiger partial charge in [0.05, 0.1) is 6.42 Å². The van der Waals surface area contributed by atoms with Gasteiger partial charge >= 0.3 is 0 Å². The quantitative estimate of drug-likeness (QED) is 0.447. The number of Topliss-reactive ketones (excluding diaryl/α,β-unsaturated/α-hetero) is 3. The van der Waals surface area contributed by atoms with Crippen LogP contribution < -0.4 is 0 Å². The highest BCUT2D eigenvalue weighted by molar-refractivity contribution is 7.12. The van der Waals surface area contributed by atoms with Crippen molar-refractivity contribution in [3.05, 3.63) is 21.4 Å². The highest BCUT2D eigenvalue weighted by Gasteiger charge is 2.18. The first-order chi connectivity index (χ1) is 6.91. The maximum atomic E-state index is 11.6. The summed E-state index contributed by atoms with van der Waals surface area (Å²) in [5, 5.41) is 0. The molecule has 0 aliphatic carbocycles. The van der Waals surface area contributed by atoms with Crippen molar-refractivity contribution >= 4 is 28.7 Å². The molecule has 0 radical (unpaired) electrons. The molecule has 0 N–H and O–H groups in total. The molecule has 4 heteroatoms. The number of aryl methyl sites for hydroxylation is 2. The average Bonchev–Trinajstić information content (AvgIpc) is 2.44. The molecule has 0 spiro atoms. The molecule has 0 amide bonds. The summed E-state index contributed by atoms with van der Waals surface area (Å²) in [6.07, 6.45) is -0.313. The Kier molecular flexibility index (Phi) is 3.52. The SMILES string of the molecule is CC(=O)C(=O)CC(=O)c1cc(C)sc1C. The van der Waals surface area contributed by atoms with Gasteiger partial charge in [-0.15, -0.1) is 11.3 Å². The van der Waals surface area contributed by atoms with Crippen LogP contribution in [0.25, 0.3) is 0 Å². The lowest BCUT2D eigenvalue weighted by molar-refractivity contribution is -0.134. The Morgan fingerprint density at radius 3 is 2.27 bits per heavy atom. The molecule has 0 bridgehead atoms. The normalized spacial score (nSPS) is 10.1.